The zero-order chi connectivity index (χ0) is 21.3. The third-order valence-electron chi connectivity index (χ3n) is 10.5. The molecule has 2 N–H and O–H groups in total. The first-order valence-corrected chi connectivity index (χ1v) is 12.6. The maximum Gasteiger partial charge on any atom is 0.106 e. The molecule has 5 aliphatic rings. The zero-order valence-corrected chi connectivity index (χ0v) is 19.5. The Morgan fingerprint density at radius 3 is 2.77 bits per heavy atom. The highest BCUT2D eigenvalue weighted by Gasteiger charge is 2.63. The molecule has 0 radical (unpaired) electrons. The molecule has 0 amide bonds. The van der Waals surface area contributed by atoms with E-state index >= 15 is 0 Å². The van der Waals surface area contributed by atoms with Crippen LogP contribution in [0.2, 0.25) is 0 Å². The highest BCUT2D eigenvalue weighted by molar-refractivity contribution is 5.30. The van der Waals surface area contributed by atoms with Crippen molar-refractivity contribution in [2.45, 2.75) is 97.7 Å². The molecule has 5 rings (SSSR count). The molecule has 30 heavy (non-hydrogen) atoms. The second kappa shape index (κ2) is 7.37. The fourth-order valence-corrected chi connectivity index (χ4v) is 8.69. The van der Waals surface area contributed by atoms with E-state index < -0.39 is 0 Å². The van der Waals surface area contributed by atoms with Crippen molar-refractivity contribution in [1.82, 2.24) is 0 Å². The minimum Gasteiger partial charge on any atom is -0.494 e. The van der Waals surface area contributed by atoms with Gasteiger partial charge in [0.05, 0.1) is 11.9 Å². The van der Waals surface area contributed by atoms with Crippen molar-refractivity contribution < 1.29 is 14.9 Å². The van der Waals surface area contributed by atoms with Crippen LogP contribution in [0.5, 0.6) is 0 Å². The molecule has 0 bridgehead atoms. The van der Waals surface area contributed by atoms with E-state index in [2.05, 4.69) is 33.8 Å². The van der Waals surface area contributed by atoms with Crippen LogP contribution in [0.4, 0.5) is 0 Å². The summed E-state index contributed by atoms with van der Waals surface area (Å²) in [6.45, 7) is 9.83. The summed E-state index contributed by atoms with van der Waals surface area (Å²) in [5, 5.41) is 19.6. The molecule has 0 saturated heterocycles. The molecule has 1 aliphatic heterocycles. The van der Waals surface area contributed by atoms with Crippen molar-refractivity contribution in [1.29, 1.82) is 0 Å². The summed E-state index contributed by atoms with van der Waals surface area (Å²) in [7, 11) is 0. The molecule has 3 heteroatoms. The Labute approximate surface area is 183 Å². The zero-order valence-electron chi connectivity index (χ0n) is 19.5. The van der Waals surface area contributed by atoms with Gasteiger partial charge in [-0.1, -0.05) is 32.4 Å². The smallest absolute Gasteiger partial charge is 0.106 e. The van der Waals surface area contributed by atoms with E-state index in [1.54, 1.807) is 5.57 Å². The SMILES string of the molecule is CC1=C(CC[C@H](C)CO)O[C@H]2C[C@@H]3[C@@H]4CC=C5C[C@H](O)CC[C@]5(C)[C@@H]4CC[C@]3(C)[C@@H]12. The van der Waals surface area contributed by atoms with Gasteiger partial charge < -0.3 is 14.9 Å². The van der Waals surface area contributed by atoms with Crippen LogP contribution >= 0.6 is 0 Å². The molecule has 3 saturated carbocycles. The van der Waals surface area contributed by atoms with Crippen molar-refractivity contribution in [3.63, 3.8) is 0 Å². The largest absolute Gasteiger partial charge is 0.494 e. The summed E-state index contributed by atoms with van der Waals surface area (Å²) in [6.07, 6.45) is 13.0. The molecular weight excluding hydrogens is 372 g/mol. The number of rotatable bonds is 4. The minimum absolute atomic E-state index is 0.117. The molecule has 3 nitrogen and oxygen atoms in total. The molecule has 3 fully saturated rings. The van der Waals surface area contributed by atoms with Crippen molar-refractivity contribution >= 4 is 0 Å². The monoisotopic (exact) mass is 414 g/mol. The van der Waals surface area contributed by atoms with Gasteiger partial charge in [-0.15, -0.1) is 0 Å². The lowest BCUT2D eigenvalue weighted by Crippen LogP contribution is -2.50. The number of ether oxygens (including phenoxy) is 1. The summed E-state index contributed by atoms with van der Waals surface area (Å²) in [4.78, 5) is 0. The van der Waals surface area contributed by atoms with Gasteiger partial charge >= 0.3 is 0 Å². The Bertz CT molecular complexity index is 753. The molecule has 4 aliphatic carbocycles. The second-order valence-corrected chi connectivity index (χ2v) is 12.0. The predicted molar refractivity (Wildman–Crippen MR) is 120 cm³/mol. The average molecular weight is 415 g/mol. The summed E-state index contributed by atoms with van der Waals surface area (Å²) in [6, 6.07) is 0. The number of hydrogen-bond acceptors (Lipinski definition) is 3. The van der Waals surface area contributed by atoms with Crippen LogP contribution in [-0.4, -0.2) is 29.0 Å². The van der Waals surface area contributed by atoms with Crippen LogP contribution in [0, 0.1) is 40.4 Å². The maximum atomic E-state index is 10.2. The van der Waals surface area contributed by atoms with Crippen LogP contribution in [0.15, 0.2) is 23.0 Å². The van der Waals surface area contributed by atoms with Crippen LogP contribution in [0.3, 0.4) is 0 Å². The van der Waals surface area contributed by atoms with Gasteiger partial charge in [-0.3, -0.25) is 0 Å². The summed E-state index contributed by atoms with van der Waals surface area (Å²) < 4.78 is 6.62. The van der Waals surface area contributed by atoms with E-state index in [4.69, 9.17) is 4.74 Å². The average Bonchev–Trinajstić information content (AvgIpc) is 3.20. The standard InChI is InChI=1S/C27H42O3/c1-16(15-28)5-8-23-17(2)25-24(30-23)14-22-20-7-6-18-13-19(29)9-11-26(18,3)21(20)10-12-27(22,25)4/h6,16,19-22,24-25,28-29H,5,7-15H2,1-4H3/t16-,19+,20+,21+,22+,24-,25-,26-,27-/m0/s1. The molecule has 9 atom stereocenters. The van der Waals surface area contributed by atoms with Gasteiger partial charge in [0.25, 0.3) is 0 Å². The maximum absolute atomic E-state index is 10.2. The normalized spacial score (nSPS) is 48.3. The highest BCUT2D eigenvalue weighted by Crippen LogP contribution is 2.68. The van der Waals surface area contributed by atoms with Gasteiger partial charge in [0.2, 0.25) is 0 Å². The summed E-state index contributed by atoms with van der Waals surface area (Å²) >= 11 is 0. The van der Waals surface area contributed by atoms with Gasteiger partial charge in [0.15, 0.2) is 0 Å². The first kappa shape index (κ1) is 21.1. The van der Waals surface area contributed by atoms with E-state index in [1.165, 1.54) is 43.4 Å². The quantitative estimate of drug-likeness (QED) is 0.587. The molecule has 1 heterocycles. The number of aliphatic hydroxyl groups excluding tert-OH is 2. The lowest BCUT2D eigenvalue weighted by atomic mass is 9.47. The van der Waals surface area contributed by atoms with Crippen LogP contribution in [0.25, 0.3) is 0 Å². The van der Waals surface area contributed by atoms with E-state index in [9.17, 15) is 10.2 Å². The Hall–Kier alpha value is -0.800. The van der Waals surface area contributed by atoms with Crippen molar-refractivity contribution in [3.05, 3.63) is 23.0 Å². The molecular formula is C27H42O3. The van der Waals surface area contributed by atoms with E-state index in [1.807, 2.05) is 0 Å². The summed E-state index contributed by atoms with van der Waals surface area (Å²) in [5.74, 6) is 4.52. The van der Waals surface area contributed by atoms with E-state index in [0.717, 1.165) is 43.4 Å². The van der Waals surface area contributed by atoms with Gasteiger partial charge in [0.1, 0.15) is 6.10 Å². The minimum atomic E-state index is -0.117. The van der Waals surface area contributed by atoms with Crippen molar-refractivity contribution in [2.75, 3.05) is 6.61 Å². The van der Waals surface area contributed by atoms with Crippen LogP contribution in [0.1, 0.15) is 85.5 Å². The van der Waals surface area contributed by atoms with E-state index in [-0.39, 0.29) is 12.7 Å². The Kier molecular flexibility index (Phi) is 5.18. The number of aliphatic hydroxyl groups is 2. The van der Waals surface area contributed by atoms with Gasteiger partial charge in [-0.25, -0.2) is 0 Å². The van der Waals surface area contributed by atoms with Crippen LogP contribution < -0.4 is 0 Å². The fraction of sp³-hybridized carbons (Fsp3) is 0.852. The Morgan fingerprint density at radius 2 is 2.00 bits per heavy atom. The number of fused-ring (bicyclic) bond motifs is 7. The van der Waals surface area contributed by atoms with Gasteiger partial charge in [-0.2, -0.15) is 0 Å². The summed E-state index contributed by atoms with van der Waals surface area (Å²) in [5.41, 5.74) is 3.78. The third-order valence-corrected chi connectivity index (χ3v) is 10.5. The molecule has 0 aromatic rings. The lowest BCUT2D eigenvalue weighted by molar-refractivity contribution is -0.0454. The van der Waals surface area contributed by atoms with Crippen molar-refractivity contribution in [2.24, 2.45) is 40.4 Å². The Balaban J connectivity index is 1.38. The fourth-order valence-electron chi connectivity index (χ4n) is 8.69. The van der Waals surface area contributed by atoms with Crippen molar-refractivity contribution in [3.8, 4) is 0 Å². The Morgan fingerprint density at radius 1 is 1.20 bits per heavy atom. The topological polar surface area (TPSA) is 49.7 Å². The van der Waals surface area contributed by atoms with E-state index in [0.29, 0.717) is 28.8 Å². The second-order valence-electron chi connectivity index (χ2n) is 12.0. The number of allylic oxidation sites excluding steroid dienone is 2. The molecule has 0 unspecified atom stereocenters. The van der Waals surface area contributed by atoms with Gasteiger partial charge in [0, 0.05) is 18.9 Å². The number of hydrogen-bond donors (Lipinski definition) is 2. The predicted octanol–water partition coefficient (Wildman–Crippen LogP) is 5.62. The highest BCUT2D eigenvalue weighted by atomic mass is 16.5. The van der Waals surface area contributed by atoms with Crippen LogP contribution in [-0.2, 0) is 4.74 Å². The molecule has 0 aromatic carbocycles. The molecule has 0 aromatic heterocycles. The first-order valence-electron chi connectivity index (χ1n) is 12.6. The first-order chi connectivity index (χ1) is 14.3. The lowest BCUT2D eigenvalue weighted by Gasteiger charge is -2.57. The third kappa shape index (κ3) is 2.98. The molecule has 168 valence electrons. The molecule has 0 spiro atoms. The van der Waals surface area contributed by atoms with Gasteiger partial charge in [-0.05, 0) is 98.4 Å².